The number of rotatable bonds is 3. The Balaban J connectivity index is 2.49. The molecule has 0 spiro atoms. The van der Waals surface area contributed by atoms with Gasteiger partial charge in [0.1, 0.15) is 5.82 Å². The fourth-order valence-electron chi connectivity index (χ4n) is 2.54. The molecule has 0 aromatic heterocycles. The number of carbonyl (C=O) groups is 1. The van der Waals surface area contributed by atoms with Gasteiger partial charge in [-0.05, 0) is 39.5 Å². The zero-order chi connectivity index (χ0) is 12.6. The highest BCUT2D eigenvalue weighted by Gasteiger charge is 2.36. The van der Waals surface area contributed by atoms with Crippen molar-refractivity contribution in [3.63, 3.8) is 0 Å². The maximum absolute atomic E-state index is 13.4. The van der Waals surface area contributed by atoms with E-state index in [-0.39, 0.29) is 23.6 Å². The normalized spacial score (nSPS) is 18.4. The summed E-state index contributed by atoms with van der Waals surface area (Å²) < 4.78 is 14.0. The van der Waals surface area contributed by atoms with Crippen molar-refractivity contribution >= 4 is 27.5 Å². The van der Waals surface area contributed by atoms with Gasteiger partial charge in [-0.25, -0.2) is 4.39 Å². The molecule has 0 aliphatic carbocycles. The van der Waals surface area contributed by atoms with Crippen LogP contribution in [0.5, 0.6) is 0 Å². The number of amides is 1. The molecule has 1 aliphatic rings. The molecular weight excluding hydrogens is 285 g/mol. The average molecular weight is 300 g/mol. The minimum atomic E-state index is -0.303. The third kappa shape index (κ3) is 2.10. The summed E-state index contributed by atoms with van der Waals surface area (Å²) in [6, 6.07) is 2.86. The van der Waals surface area contributed by atoms with Crippen molar-refractivity contribution in [2.75, 3.05) is 5.32 Å². The number of fused-ring (bicyclic) bond motifs is 1. The third-order valence-corrected chi connectivity index (χ3v) is 4.10. The molecule has 2 rings (SSSR count). The number of halogens is 2. The molecule has 1 atom stereocenters. The largest absolute Gasteiger partial charge is 0.324 e. The average Bonchev–Trinajstić information content (AvgIpc) is 2.59. The van der Waals surface area contributed by atoms with Crippen LogP contribution in [0.2, 0.25) is 0 Å². The molecule has 1 N–H and O–H groups in total. The molecule has 0 saturated carbocycles. The van der Waals surface area contributed by atoms with Crippen LogP contribution in [0.25, 0.3) is 0 Å². The molecule has 0 saturated heterocycles. The zero-order valence-electron chi connectivity index (χ0n) is 9.89. The van der Waals surface area contributed by atoms with Crippen LogP contribution in [0.3, 0.4) is 0 Å². The number of carbonyl (C=O) groups excluding carboxylic acids is 1. The lowest BCUT2D eigenvalue weighted by Crippen LogP contribution is -2.20. The van der Waals surface area contributed by atoms with Gasteiger partial charge >= 0.3 is 0 Å². The third-order valence-electron chi connectivity index (χ3n) is 3.47. The van der Waals surface area contributed by atoms with E-state index in [1.807, 2.05) is 0 Å². The molecule has 0 bridgehead atoms. The van der Waals surface area contributed by atoms with E-state index < -0.39 is 0 Å². The molecule has 4 heteroatoms. The first-order valence-electron chi connectivity index (χ1n) is 5.88. The summed E-state index contributed by atoms with van der Waals surface area (Å²) in [7, 11) is 0. The van der Waals surface area contributed by atoms with Crippen LogP contribution in [0.15, 0.2) is 16.6 Å². The topological polar surface area (TPSA) is 29.1 Å². The van der Waals surface area contributed by atoms with Crippen molar-refractivity contribution in [1.82, 2.24) is 0 Å². The second kappa shape index (κ2) is 4.77. The van der Waals surface area contributed by atoms with E-state index in [9.17, 15) is 9.18 Å². The lowest BCUT2D eigenvalue weighted by atomic mass is 9.83. The molecule has 1 aromatic rings. The fourth-order valence-corrected chi connectivity index (χ4v) is 3.09. The summed E-state index contributed by atoms with van der Waals surface area (Å²) >= 11 is 3.29. The standard InChI is InChI=1S/C13H15BrFNO/c1-3-7(4-2)11-9-5-8(15)6-10(14)12(9)16-13(11)17/h5-7,11H,3-4H2,1-2H3,(H,16,17). The van der Waals surface area contributed by atoms with Gasteiger partial charge in [0.05, 0.1) is 11.6 Å². The molecule has 0 fully saturated rings. The van der Waals surface area contributed by atoms with Crippen LogP contribution < -0.4 is 5.32 Å². The van der Waals surface area contributed by atoms with Crippen LogP contribution in [0.1, 0.15) is 38.2 Å². The highest BCUT2D eigenvalue weighted by molar-refractivity contribution is 9.10. The van der Waals surface area contributed by atoms with E-state index in [0.717, 1.165) is 24.1 Å². The van der Waals surface area contributed by atoms with Crippen molar-refractivity contribution in [3.05, 3.63) is 28.0 Å². The van der Waals surface area contributed by atoms with E-state index in [0.29, 0.717) is 4.47 Å². The minimum Gasteiger partial charge on any atom is -0.324 e. The van der Waals surface area contributed by atoms with Crippen LogP contribution in [-0.4, -0.2) is 5.91 Å². The predicted octanol–water partition coefficient (Wildman–Crippen LogP) is 4.06. The van der Waals surface area contributed by atoms with Gasteiger partial charge < -0.3 is 5.32 Å². The Morgan fingerprint density at radius 1 is 1.41 bits per heavy atom. The second-order valence-corrected chi connectivity index (χ2v) is 5.25. The van der Waals surface area contributed by atoms with Gasteiger partial charge in [-0.15, -0.1) is 0 Å². The molecular formula is C13H15BrFNO. The summed E-state index contributed by atoms with van der Waals surface area (Å²) in [6.07, 6.45) is 1.84. The number of hydrogen-bond acceptors (Lipinski definition) is 1. The summed E-state index contributed by atoms with van der Waals surface area (Å²) in [5.74, 6) is -0.264. The quantitative estimate of drug-likeness (QED) is 0.896. The predicted molar refractivity (Wildman–Crippen MR) is 69.5 cm³/mol. The Kier molecular flexibility index (Phi) is 3.52. The smallest absolute Gasteiger partial charge is 0.232 e. The number of nitrogens with one attached hydrogen (secondary N) is 1. The Bertz CT molecular complexity index is 457. The van der Waals surface area contributed by atoms with Crippen molar-refractivity contribution in [3.8, 4) is 0 Å². The monoisotopic (exact) mass is 299 g/mol. The van der Waals surface area contributed by atoms with E-state index in [1.165, 1.54) is 12.1 Å². The molecule has 2 nitrogen and oxygen atoms in total. The molecule has 1 aliphatic heterocycles. The first-order chi connectivity index (χ1) is 8.08. The van der Waals surface area contributed by atoms with E-state index in [4.69, 9.17) is 0 Å². The van der Waals surface area contributed by atoms with Gasteiger partial charge in [0.15, 0.2) is 0 Å². The van der Waals surface area contributed by atoms with Crippen LogP contribution in [-0.2, 0) is 4.79 Å². The maximum atomic E-state index is 13.4. The summed E-state index contributed by atoms with van der Waals surface area (Å²) in [5.41, 5.74) is 1.52. The molecule has 1 unspecified atom stereocenters. The first-order valence-corrected chi connectivity index (χ1v) is 6.67. The molecule has 1 heterocycles. The summed E-state index contributed by atoms with van der Waals surface area (Å²) in [4.78, 5) is 12.0. The van der Waals surface area contributed by atoms with Crippen LogP contribution in [0.4, 0.5) is 10.1 Å². The fraction of sp³-hybridized carbons (Fsp3) is 0.462. The van der Waals surface area contributed by atoms with Gasteiger partial charge in [-0.3, -0.25) is 4.79 Å². The molecule has 92 valence electrons. The van der Waals surface area contributed by atoms with Crippen molar-refractivity contribution in [2.45, 2.75) is 32.6 Å². The Hall–Kier alpha value is -0.900. The van der Waals surface area contributed by atoms with E-state index in [1.54, 1.807) is 0 Å². The lowest BCUT2D eigenvalue weighted by Gasteiger charge is -2.19. The number of benzene rings is 1. The summed E-state index contributed by atoms with van der Waals surface area (Å²) in [6.45, 7) is 4.13. The van der Waals surface area contributed by atoms with Gasteiger partial charge in [0, 0.05) is 4.47 Å². The van der Waals surface area contributed by atoms with Crippen LogP contribution in [0, 0.1) is 11.7 Å². The maximum Gasteiger partial charge on any atom is 0.232 e. The molecule has 1 aromatic carbocycles. The second-order valence-electron chi connectivity index (χ2n) is 4.40. The van der Waals surface area contributed by atoms with Crippen molar-refractivity contribution in [1.29, 1.82) is 0 Å². The van der Waals surface area contributed by atoms with Gasteiger partial charge in [-0.2, -0.15) is 0 Å². The highest BCUT2D eigenvalue weighted by Crippen LogP contribution is 2.43. The zero-order valence-corrected chi connectivity index (χ0v) is 11.5. The molecule has 17 heavy (non-hydrogen) atoms. The lowest BCUT2D eigenvalue weighted by molar-refractivity contribution is -0.118. The molecule has 1 amide bonds. The molecule has 0 radical (unpaired) electrons. The Labute approximate surface area is 109 Å². The van der Waals surface area contributed by atoms with Crippen molar-refractivity contribution in [2.24, 2.45) is 5.92 Å². The van der Waals surface area contributed by atoms with Gasteiger partial charge in [0.25, 0.3) is 0 Å². The van der Waals surface area contributed by atoms with Crippen molar-refractivity contribution < 1.29 is 9.18 Å². The Morgan fingerprint density at radius 2 is 2.06 bits per heavy atom. The summed E-state index contributed by atoms with van der Waals surface area (Å²) in [5, 5.41) is 2.84. The first kappa shape index (κ1) is 12.6. The minimum absolute atomic E-state index is 0.0139. The van der Waals surface area contributed by atoms with Crippen LogP contribution >= 0.6 is 15.9 Å². The highest BCUT2D eigenvalue weighted by atomic mass is 79.9. The number of anilines is 1. The Morgan fingerprint density at radius 3 is 2.65 bits per heavy atom. The van der Waals surface area contributed by atoms with E-state index in [2.05, 4.69) is 35.1 Å². The van der Waals surface area contributed by atoms with Gasteiger partial charge in [0.2, 0.25) is 5.91 Å². The SMILES string of the molecule is CCC(CC)C1C(=O)Nc2c(Br)cc(F)cc21. The number of hydrogen-bond donors (Lipinski definition) is 1. The van der Waals surface area contributed by atoms with Gasteiger partial charge in [-0.1, -0.05) is 26.7 Å². The van der Waals surface area contributed by atoms with E-state index >= 15 is 0 Å².